The van der Waals surface area contributed by atoms with Gasteiger partial charge in [-0.25, -0.2) is 0 Å². The lowest BCUT2D eigenvalue weighted by atomic mass is 10.1. The Morgan fingerprint density at radius 1 is 0.882 bits per heavy atom. The number of rotatable bonds is 10. The summed E-state index contributed by atoms with van der Waals surface area (Å²) < 4.78 is 0. The standard InChI is InChI=1S/C14H30N2O/c1-5-6-7-8-9-11-14(17)16(4)13-10-12-15(2)3/h5-13H2,1-4H3. The number of hydrogen-bond acceptors (Lipinski definition) is 2. The number of carbonyl (C=O) groups is 1. The van der Waals surface area contributed by atoms with Gasteiger partial charge < -0.3 is 9.80 Å². The Morgan fingerprint density at radius 2 is 1.53 bits per heavy atom. The van der Waals surface area contributed by atoms with E-state index in [-0.39, 0.29) is 0 Å². The molecule has 0 aromatic carbocycles. The molecular formula is C14H30N2O. The average molecular weight is 242 g/mol. The molecule has 0 fully saturated rings. The lowest BCUT2D eigenvalue weighted by molar-refractivity contribution is -0.130. The molecule has 0 aromatic heterocycles. The first-order valence-corrected chi connectivity index (χ1v) is 6.96. The van der Waals surface area contributed by atoms with Crippen molar-refractivity contribution in [3.8, 4) is 0 Å². The zero-order chi connectivity index (χ0) is 13.1. The van der Waals surface area contributed by atoms with Gasteiger partial charge in [0.05, 0.1) is 0 Å². The summed E-state index contributed by atoms with van der Waals surface area (Å²) in [4.78, 5) is 15.8. The third kappa shape index (κ3) is 10.3. The van der Waals surface area contributed by atoms with E-state index < -0.39 is 0 Å². The molecule has 0 aliphatic carbocycles. The van der Waals surface area contributed by atoms with E-state index in [9.17, 15) is 4.79 Å². The molecule has 0 radical (unpaired) electrons. The molecule has 0 saturated carbocycles. The SMILES string of the molecule is CCCCCCCC(=O)N(C)CCCN(C)C. The Kier molecular flexibility index (Phi) is 10.2. The number of hydrogen-bond donors (Lipinski definition) is 0. The molecule has 0 N–H and O–H groups in total. The van der Waals surface area contributed by atoms with Gasteiger partial charge in [0, 0.05) is 20.0 Å². The fraction of sp³-hybridized carbons (Fsp3) is 0.929. The minimum atomic E-state index is 0.306. The molecule has 0 saturated heterocycles. The van der Waals surface area contributed by atoms with Crippen LogP contribution in [0.2, 0.25) is 0 Å². The monoisotopic (exact) mass is 242 g/mol. The molecule has 3 heteroatoms. The van der Waals surface area contributed by atoms with Gasteiger partial charge in [-0.1, -0.05) is 32.6 Å². The van der Waals surface area contributed by atoms with Gasteiger partial charge in [0.1, 0.15) is 0 Å². The lowest BCUT2D eigenvalue weighted by Crippen LogP contribution is -2.29. The van der Waals surface area contributed by atoms with Crippen molar-refractivity contribution >= 4 is 5.91 Å². The summed E-state index contributed by atoms with van der Waals surface area (Å²) in [5.41, 5.74) is 0. The molecule has 17 heavy (non-hydrogen) atoms. The minimum absolute atomic E-state index is 0.306. The van der Waals surface area contributed by atoms with Crippen molar-refractivity contribution in [1.82, 2.24) is 9.80 Å². The quantitative estimate of drug-likeness (QED) is 0.550. The first kappa shape index (κ1) is 16.4. The highest BCUT2D eigenvalue weighted by Crippen LogP contribution is 2.06. The summed E-state index contributed by atoms with van der Waals surface area (Å²) >= 11 is 0. The number of amides is 1. The Bertz CT molecular complexity index is 193. The average Bonchev–Trinajstić information content (AvgIpc) is 2.27. The van der Waals surface area contributed by atoms with Gasteiger partial charge in [-0.05, 0) is 33.5 Å². The molecule has 0 spiro atoms. The van der Waals surface area contributed by atoms with Crippen molar-refractivity contribution in [2.45, 2.75) is 51.9 Å². The van der Waals surface area contributed by atoms with Gasteiger partial charge >= 0.3 is 0 Å². The van der Waals surface area contributed by atoms with Crippen LogP contribution in [0.3, 0.4) is 0 Å². The normalized spacial score (nSPS) is 10.9. The highest BCUT2D eigenvalue weighted by molar-refractivity contribution is 5.75. The van der Waals surface area contributed by atoms with Crippen LogP contribution in [-0.4, -0.2) is 49.9 Å². The number of unbranched alkanes of at least 4 members (excludes halogenated alkanes) is 4. The molecule has 0 bridgehead atoms. The molecule has 0 unspecified atom stereocenters. The third-order valence-corrected chi connectivity index (χ3v) is 3.02. The smallest absolute Gasteiger partial charge is 0.222 e. The van der Waals surface area contributed by atoms with Crippen LogP contribution in [0, 0.1) is 0 Å². The fourth-order valence-corrected chi connectivity index (χ4v) is 1.82. The van der Waals surface area contributed by atoms with Crippen molar-refractivity contribution in [2.75, 3.05) is 34.2 Å². The highest BCUT2D eigenvalue weighted by Gasteiger charge is 2.07. The molecule has 102 valence electrons. The predicted octanol–water partition coefficient (Wildman–Crippen LogP) is 2.76. The van der Waals surface area contributed by atoms with E-state index in [4.69, 9.17) is 0 Å². The van der Waals surface area contributed by atoms with Crippen molar-refractivity contribution in [3.05, 3.63) is 0 Å². The summed E-state index contributed by atoms with van der Waals surface area (Å²) in [6.45, 7) is 4.14. The maximum atomic E-state index is 11.8. The van der Waals surface area contributed by atoms with Gasteiger partial charge in [0.15, 0.2) is 0 Å². The maximum Gasteiger partial charge on any atom is 0.222 e. The van der Waals surface area contributed by atoms with Gasteiger partial charge in [0.2, 0.25) is 5.91 Å². The van der Waals surface area contributed by atoms with E-state index in [2.05, 4.69) is 25.9 Å². The summed E-state index contributed by atoms with van der Waals surface area (Å²) in [5, 5.41) is 0. The van der Waals surface area contributed by atoms with Crippen LogP contribution in [0.25, 0.3) is 0 Å². The van der Waals surface area contributed by atoms with E-state index in [1.54, 1.807) is 0 Å². The largest absolute Gasteiger partial charge is 0.346 e. The van der Waals surface area contributed by atoms with Crippen LogP contribution in [0.4, 0.5) is 0 Å². The van der Waals surface area contributed by atoms with Crippen LogP contribution in [0.5, 0.6) is 0 Å². The van der Waals surface area contributed by atoms with Crippen LogP contribution >= 0.6 is 0 Å². The lowest BCUT2D eigenvalue weighted by Gasteiger charge is -2.18. The van der Waals surface area contributed by atoms with E-state index in [1.807, 2.05) is 11.9 Å². The third-order valence-electron chi connectivity index (χ3n) is 3.02. The second-order valence-corrected chi connectivity index (χ2v) is 5.14. The van der Waals surface area contributed by atoms with Crippen LogP contribution in [-0.2, 0) is 4.79 Å². The van der Waals surface area contributed by atoms with Crippen LogP contribution in [0.15, 0.2) is 0 Å². The Balaban J connectivity index is 3.47. The highest BCUT2D eigenvalue weighted by atomic mass is 16.2. The molecule has 0 rings (SSSR count). The zero-order valence-corrected chi connectivity index (χ0v) is 12.2. The van der Waals surface area contributed by atoms with Gasteiger partial charge in [-0.15, -0.1) is 0 Å². The molecule has 0 atom stereocenters. The molecule has 0 aromatic rings. The molecular weight excluding hydrogens is 212 g/mol. The second kappa shape index (κ2) is 10.6. The van der Waals surface area contributed by atoms with Crippen molar-refractivity contribution in [1.29, 1.82) is 0 Å². The van der Waals surface area contributed by atoms with E-state index >= 15 is 0 Å². The summed E-state index contributed by atoms with van der Waals surface area (Å²) in [5.74, 6) is 0.306. The fourth-order valence-electron chi connectivity index (χ4n) is 1.82. The summed E-state index contributed by atoms with van der Waals surface area (Å²) in [6, 6.07) is 0. The Hall–Kier alpha value is -0.570. The minimum Gasteiger partial charge on any atom is -0.346 e. The zero-order valence-electron chi connectivity index (χ0n) is 12.2. The molecule has 0 aliphatic rings. The Morgan fingerprint density at radius 3 is 2.12 bits per heavy atom. The molecule has 0 aliphatic heterocycles. The Labute approximate surface area is 107 Å². The van der Waals surface area contributed by atoms with Gasteiger partial charge in [-0.3, -0.25) is 4.79 Å². The summed E-state index contributed by atoms with van der Waals surface area (Å²) in [6.07, 6.45) is 7.87. The van der Waals surface area contributed by atoms with Crippen molar-refractivity contribution < 1.29 is 4.79 Å². The van der Waals surface area contributed by atoms with Gasteiger partial charge in [-0.2, -0.15) is 0 Å². The molecule has 1 amide bonds. The van der Waals surface area contributed by atoms with Crippen molar-refractivity contribution in [3.63, 3.8) is 0 Å². The molecule has 0 heterocycles. The number of carbonyl (C=O) groups excluding carboxylic acids is 1. The van der Waals surface area contributed by atoms with Crippen LogP contribution < -0.4 is 0 Å². The maximum absolute atomic E-state index is 11.8. The first-order valence-electron chi connectivity index (χ1n) is 6.96. The topological polar surface area (TPSA) is 23.6 Å². The summed E-state index contributed by atoms with van der Waals surface area (Å²) in [7, 11) is 6.05. The van der Waals surface area contributed by atoms with E-state index in [1.165, 1.54) is 25.7 Å². The van der Waals surface area contributed by atoms with Crippen LogP contribution in [0.1, 0.15) is 51.9 Å². The predicted molar refractivity (Wildman–Crippen MR) is 74.2 cm³/mol. The first-order chi connectivity index (χ1) is 8.07. The van der Waals surface area contributed by atoms with Crippen molar-refractivity contribution in [2.24, 2.45) is 0 Å². The second-order valence-electron chi connectivity index (χ2n) is 5.14. The molecule has 3 nitrogen and oxygen atoms in total. The van der Waals surface area contributed by atoms with E-state index in [0.717, 1.165) is 32.4 Å². The van der Waals surface area contributed by atoms with E-state index in [0.29, 0.717) is 5.91 Å². The number of nitrogens with zero attached hydrogens (tertiary/aromatic N) is 2. The van der Waals surface area contributed by atoms with Gasteiger partial charge in [0.25, 0.3) is 0 Å².